The summed E-state index contributed by atoms with van der Waals surface area (Å²) in [5.74, 6) is 0.0353. The number of amidine groups is 1. The predicted molar refractivity (Wildman–Crippen MR) is 81.1 cm³/mol. The normalized spacial score (nSPS) is 12.0. The van der Waals surface area contributed by atoms with Gasteiger partial charge in [0.2, 0.25) is 0 Å². The Balaban J connectivity index is 1.92. The molecule has 0 saturated heterocycles. The van der Waals surface area contributed by atoms with E-state index in [-0.39, 0.29) is 5.84 Å². The molecule has 0 bridgehead atoms. The summed E-state index contributed by atoms with van der Waals surface area (Å²) in [7, 11) is 2.08. The van der Waals surface area contributed by atoms with Crippen molar-refractivity contribution < 1.29 is 5.21 Å². The van der Waals surface area contributed by atoms with Crippen LogP contribution in [0.1, 0.15) is 16.1 Å². The van der Waals surface area contributed by atoms with E-state index < -0.39 is 0 Å². The van der Waals surface area contributed by atoms with Crippen molar-refractivity contribution >= 4 is 17.2 Å². The molecule has 2 rings (SSSR count). The fourth-order valence-electron chi connectivity index (χ4n) is 1.91. The molecule has 0 atom stereocenters. The van der Waals surface area contributed by atoms with Crippen LogP contribution in [0.5, 0.6) is 0 Å². The van der Waals surface area contributed by atoms with Gasteiger partial charge < -0.3 is 15.8 Å². The maximum Gasteiger partial charge on any atom is 0.188 e. The van der Waals surface area contributed by atoms with Crippen molar-refractivity contribution in [2.24, 2.45) is 10.9 Å². The van der Waals surface area contributed by atoms with Crippen LogP contribution in [0.2, 0.25) is 0 Å². The zero-order valence-corrected chi connectivity index (χ0v) is 12.2. The van der Waals surface area contributed by atoms with Gasteiger partial charge in [-0.15, -0.1) is 11.3 Å². The first-order valence-corrected chi connectivity index (χ1v) is 7.21. The van der Waals surface area contributed by atoms with E-state index >= 15 is 0 Å². The summed E-state index contributed by atoms with van der Waals surface area (Å²) in [4.78, 5) is 7.71. The van der Waals surface area contributed by atoms with E-state index in [1.807, 2.05) is 12.1 Å². The first kappa shape index (κ1) is 14.5. The Labute approximate surface area is 122 Å². The molecule has 2 aromatic heterocycles. The summed E-state index contributed by atoms with van der Waals surface area (Å²) < 4.78 is 0. The van der Waals surface area contributed by atoms with E-state index in [0.717, 1.165) is 25.1 Å². The Bertz CT molecular complexity index is 568. The second-order valence-electron chi connectivity index (χ2n) is 4.60. The Morgan fingerprint density at radius 1 is 1.50 bits per heavy atom. The van der Waals surface area contributed by atoms with Crippen molar-refractivity contribution in [3.8, 4) is 0 Å². The van der Waals surface area contributed by atoms with Gasteiger partial charge in [0.15, 0.2) is 5.84 Å². The first-order chi connectivity index (χ1) is 9.69. The van der Waals surface area contributed by atoms with Gasteiger partial charge in [0, 0.05) is 24.2 Å². The molecule has 0 aliphatic rings. The van der Waals surface area contributed by atoms with Crippen LogP contribution in [0, 0.1) is 0 Å². The summed E-state index contributed by atoms with van der Waals surface area (Å²) in [6.45, 7) is 1.79. The fraction of sp³-hybridized carbons (Fsp3) is 0.286. The predicted octanol–water partition coefficient (Wildman–Crippen LogP) is 1.91. The third-order valence-corrected chi connectivity index (χ3v) is 3.90. The maximum absolute atomic E-state index is 8.66. The van der Waals surface area contributed by atoms with Crippen molar-refractivity contribution in [3.05, 3.63) is 52.0 Å². The number of hydrogen-bond acceptors (Lipinski definition) is 5. The van der Waals surface area contributed by atoms with E-state index in [0.29, 0.717) is 5.69 Å². The summed E-state index contributed by atoms with van der Waals surface area (Å²) >= 11 is 1.78. The lowest BCUT2D eigenvalue weighted by atomic mass is 10.2. The quantitative estimate of drug-likeness (QED) is 0.369. The van der Waals surface area contributed by atoms with Crippen LogP contribution in [0.15, 0.2) is 41.0 Å². The molecule has 2 heterocycles. The number of nitrogens with two attached hydrogens (primary N) is 1. The highest BCUT2D eigenvalue weighted by Crippen LogP contribution is 2.11. The molecule has 106 valence electrons. The van der Waals surface area contributed by atoms with Gasteiger partial charge in [-0.3, -0.25) is 4.98 Å². The van der Waals surface area contributed by atoms with Crippen LogP contribution in [0.25, 0.3) is 0 Å². The first-order valence-electron chi connectivity index (χ1n) is 6.33. The van der Waals surface area contributed by atoms with E-state index in [2.05, 4.69) is 39.6 Å². The van der Waals surface area contributed by atoms with Crippen molar-refractivity contribution in [3.63, 3.8) is 0 Å². The molecular formula is C14H18N4OS. The van der Waals surface area contributed by atoms with E-state index in [4.69, 9.17) is 10.9 Å². The number of rotatable bonds is 6. The number of nitrogens with zero attached hydrogens (tertiary/aromatic N) is 3. The zero-order chi connectivity index (χ0) is 14.4. The Kier molecular flexibility index (Phi) is 5.09. The van der Waals surface area contributed by atoms with Gasteiger partial charge >= 0.3 is 0 Å². The molecule has 0 unspecified atom stereocenters. The van der Waals surface area contributed by atoms with Crippen LogP contribution in [0.4, 0.5) is 0 Å². The van der Waals surface area contributed by atoms with E-state index in [1.54, 1.807) is 17.5 Å². The van der Waals surface area contributed by atoms with Crippen LogP contribution in [-0.2, 0) is 13.0 Å². The van der Waals surface area contributed by atoms with E-state index in [9.17, 15) is 0 Å². The molecule has 0 aromatic carbocycles. The highest BCUT2D eigenvalue weighted by Gasteiger charge is 2.05. The van der Waals surface area contributed by atoms with Crippen LogP contribution in [0.3, 0.4) is 0 Å². The second kappa shape index (κ2) is 7.02. The van der Waals surface area contributed by atoms with Crippen molar-refractivity contribution in [2.75, 3.05) is 13.6 Å². The highest BCUT2D eigenvalue weighted by molar-refractivity contribution is 7.09. The molecule has 0 spiro atoms. The number of aromatic nitrogens is 1. The lowest BCUT2D eigenvalue weighted by Gasteiger charge is -2.16. The lowest BCUT2D eigenvalue weighted by Crippen LogP contribution is -2.21. The topological polar surface area (TPSA) is 74.7 Å². The van der Waals surface area contributed by atoms with Gasteiger partial charge in [-0.25, -0.2) is 0 Å². The Morgan fingerprint density at radius 3 is 3.05 bits per heavy atom. The molecule has 20 heavy (non-hydrogen) atoms. The molecule has 0 aliphatic carbocycles. The Hall–Kier alpha value is -1.92. The van der Waals surface area contributed by atoms with Gasteiger partial charge in [0.1, 0.15) is 5.69 Å². The number of pyridine rings is 1. The molecule has 0 amide bonds. The minimum absolute atomic E-state index is 0.0353. The second-order valence-corrected chi connectivity index (χ2v) is 5.63. The number of thiophene rings is 1. The molecule has 5 nitrogen and oxygen atoms in total. The average Bonchev–Trinajstić information content (AvgIpc) is 2.98. The smallest absolute Gasteiger partial charge is 0.188 e. The van der Waals surface area contributed by atoms with Crippen molar-refractivity contribution in [2.45, 2.75) is 13.0 Å². The summed E-state index contributed by atoms with van der Waals surface area (Å²) in [6.07, 6.45) is 2.72. The highest BCUT2D eigenvalue weighted by atomic mass is 32.1. The lowest BCUT2D eigenvalue weighted by molar-refractivity contribution is 0.318. The van der Waals surface area contributed by atoms with Crippen LogP contribution < -0.4 is 5.73 Å². The van der Waals surface area contributed by atoms with Gasteiger partial charge in [0.25, 0.3) is 0 Å². The fourth-order valence-corrected chi connectivity index (χ4v) is 2.61. The third-order valence-electron chi connectivity index (χ3n) is 2.97. The molecule has 0 saturated carbocycles. The molecule has 2 aromatic rings. The molecule has 0 aliphatic heterocycles. The van der Waals surface area contributed by atoms with Gasteiger partial charge in [0.05, 0.1) is 0 Å². The minimum atomic E-state index is 0.0353. The largest absolute Gasteiger partial charge is 0.409 e. The number of hydrogen-bond donors (Lipinski definition) is 2. The molecular weight excluding hydrogens is 272 g/mol. The Morgan fingerprint density at radius 2 is 2.35 bits per heavy atom. The number of likely N-dealkylation sites (N-methyl/N-ethyl adjacent to an activating group) is 1. The van der Waals surface area contributed by atoms with Crippen molar-refractivity contribution in [1.82, 2.24) is 9.88 Å². The number of oxime groups is 1. The standard InChI is InChI=1S/C14H18N4OS/c1-18(7-5-12-3-2-8-20-12)10-11-4-6-16-13(9-11)14(15)17-19/h2-4,6,8-9,19H,5,7,10H2,1H3,(H2,15,17). The minimum Gasteiger partial charge on any atom is -0.409 e. The van der Waals surface area contributed by atoms with Crippen molar-refractivity contribution in [1.29, 1.82) is 0 Å². The maximum atomic E-state index is 8.66. The molecule has 6 heteroatoms. The SMILES string of the molecule is CN(CCc1cccs1)Cc1ccnc(C(N)=NO)c1. The molecule has 3 N–H and O–H groups in total. The van der Waals surface area contributed by atoms with Crippen LogP contribution >= 0.6 is 11.3 Å². The average molecular weight is 290 g/mol. The summed E-state index contributed by atoms with van der Waals surface area (Å²) in [5, 5.41) is 13.7. The van der Waals surface area contributed by atoms with Gasteiger partial charge in [-0.2, -0.15) is 0 Å². The third kappa shape index (κ3) is 4.04. The van der Waals surface area contributed by atoms with Gasteiger partial charge in [-0.1, -0.05) is 11.2 Å². The monoisotopic (exact) mass is 290 g/mol. The zero-order valence-electron chi connectivity index (χ0n) is 11.4. The van der Waals surface area contributed by atoms with Gasteiger partial charge in [-0.05, 0) is 42.6 Å². The summed E-state index contributed by atoms with van der Waals surface area (Å²) in [6, 6.07) is 8.01. The van der Waals surface area contributed by atoms with E-state index in [1.165, 1.54) is 4.88 Å². The molecule has 0 fully saturated rings. The van der Waals surface area contributed by atoms with Crippen LogP contribution in [-0.4, -0.2) is 34.5 Å². The molecule has 0 radical (unpaired) electrons. The summed E-state index contributed by atoms with van der Waals surface area (Å²) in [5.41, 5.74) is 7.13.